The third kappa shape index (κ3) is 3.82. The Kier molecular flexibility index (Phi) is 6.07. The minimum absolute atomic E-state index is 0.0719. The van der Waals surface area contributed by atoms with Crippen molar-refractivity contribution < 1.29 is 14.3 Å². The highest BCUT2D eigenvalue weighted by Crippen LogP contribution is 2.49. The second kappa shape index (κ2) is 9.44. The molecular weight excluding hydrogens is 502 g/mol. The minimum atomic E-state index is -0.853. The zero-order chi connectivity index (χ0) is 26.4. The number of anilines is 3. The lowest BCUT2D eigenvalue weighted by atomic mass is 9.67. The highest BCUT2D eigenvalue weighted by Gasteiger charge is 2.60. The van der Waals surface area contributed by atoms with Gasteiger partial charge in [0.2, 0.25) is 0 Å². The number of aromatic nitrogens is 1. The van der Waals surface area contributed by atoms with E-state index in [1.165, 1.54) is 5.01 Å². The van der Waals surface area contributed by atoms with Gasteiger partial charge in [-0.25, -0.2) is 9.78 Å². The Hall–Kier alpha value is -3.91. The van der Waals surface area contributed by atoms with Gasteiger partial charge in [0.15, 0.2) is 0 Å². The number of ether oxygens (including phenoxy) is 1. The molecule has 1 spiro atoms. The van der Waals surface area contributed by atoms with Gasteiger partial charge < -0.3 is 14.5 Å². The van der Waals surface area contributed by atoms with E-state index in [0.717, 1.165) is 35.9 Å². The molecule has 1 saturated heterocycles. The van der Waals surface area contributed by atoms with Crippen molar-refractivity contribution in [2.24, 2.45) is 10.5 Å². The third-order valence-corrected chi connectivity index (χ3v) is 8.08. The third-order valence-electron chi connectivity index (χ3n) is 7.84. The number of nitrogens with zero attached hydrogens (tertiary/aromatic N) is 5. The zero-order valence-electron chi connectivity index (χ0n) is 21.3. The highest BCUT2D eigenvalue weighted by atomic mass is 35.5. The molecule has 194 valence electrons. The number of hydrogen-bond acceptors (Lipinski definition) is 7. The van der Waals surface area contributed by atoms with E-state index in [1.54, 1.807) is 37.4 Å². The van der Waals surface area contributed by atoms with Gasteiger partial charge in [-0.2, -0.15) is 10.1 Å². The Morgan fingerprint density at radius 2 is 1.95 bits per heavy atom. The fourth-order valence-corrected chi connectivity index (χ4v) is 6.12. The first kappa shape index (κ1) is 24.4. The van der Waals surface area contributed by atoms with E-state index in [9.17, 15) is 9.59 Å². The lowest BCUT2D eigenvalue weighted by molar-refractivity contribution is -0.125. The van der Waals surface area contributed by atoms with Gasteiger partial charge in [-0.15, -0.1) is 0 Å². The summed E-state index contributed by atoms with van der Waals surface area (Å²) in [6.45, 7) is 6.15. The predicted molar refractivity (Wildman–Crippen MR) is 148 cm³/mol. The number of hydrogen-bond donors (Lipinski definition) is 0. The van der Waals surface area contributed by atoms with Crippen molar-refractivity contribution in [1.29, 1.82) is 0 Å². The summed E-state index contributed by atoms with van der Waals surface area (Å²) in [7, 11) is 0. The van der Waals surface area contributed by atoms with E-state index in [0.29, 0.717) is 35.8 Å². The van der Waals surface area contributed by atoms with Crippen molar-refractivity contribution in [1.82, 2.24) is 4.98 Å². The molecule has 4 heterocycles. The van der Waals surface area contributed by atoms with Crippen molar-refractivity contribution in [2.45, 2.75) is 26.3 Å². The van der Waals surface area contributed by atoms with Crippen molar-refractivity contribution in [3.63, 3.8) is 0 Å². The summed E-state index contributed by atoms with van der Waals surface area (Å²) in [5.74, 6) is 0.431. The topological polar surface area (TPSA) is 78.3 Å². The molecule has 3 aromatic rings. The maximum absolute atomic E-state index is 14.4. The minimum Gasteiger partial charge on any atom is -0.462 e. The maximum atomic E-state index is 14.4. The largest absolute Gasteiger partial charge is 0.462 e. The summed E-state index contributed by atoms with van der Waals surface area (Å²) in [6.07, 6.45) is 2.32. The average molecular weight is 530 g/mol. The van der Waals surface area contributed by atoms with Crippen LogP contribution in [0.4, 0.5) is 17.2 Å². The SMILES string of the molecule is CCOC(=O)c1ccc(N2N=C(C)C3(Cc4ccc(Cl)cc4N4CCN(c5ccccn5)CC43)C2=O)cc1. The number of hydrazone groups is 1. The van der Waals surface area contributed by atoms with Crippen molar-refractivity contribution in [3.8, 4) is 0 Å². The molecule has 0 N–H and O–H groups in total. The molecule has 0 bridgehead atoms. The molecule has 2 aromatic carbocycles. The molecular formula is C29H28ClN5O3. The number of piperazine rings is 1. The second-order valence-electron chi connectivity index (χ2n) is 9.83. The number of amides is 1. The number of carbonyl (C=O) groups is 2. The van der Waals surface area contributed by atoms with Crippen molar-refractivity contribution in [2.75, 3.05) is 41.0 Å². The molecule has 3 aliphatic heterocycles. The number of halogens is 1. The molecule has 0 aliphatic carbocycles. The maximum Gasteiger partial charge on any atom is 0.338 e. The fourth-order valence-electron chi connectivity index (χ4n) is 5.96. The van der Waals surface area contributed by atoms with Gasteiger partial charge in [0.25, 0.3) is 5.91 Å². The Balaban J connectivity index is 1.39. The van der Waals surface area contributed by atoms with Crippen LogP contribution >= 0.6 is 11.6 Å². The molecule has 2 atom stereocenters. The Morgan fingerprint density at radius 3 is 2.68 bits per heavy atom. The molecule has 38 heavy (non-hydrogen) atoms. The van der Waals surface area contributed by atoms with Crippen molar-refractivity contribution in [3.05, 3.63) is 83.0 Å². The van der Waals surface area contributed by atoms with Gasteiger partial charge in [0.1, 0.15) is 11.2 Å². The summed E-state index contributed by atoms with van der Waals surface area (Å²) in [6, 6.07) is 18.5. The molecule has 1 amide bonds. The van der Waals surface area contributed by atoms with E-state index >= 15 is 0 Å². The number of benzene rings is 2. The van der Waals surface area contributed by atoms with Crippen LogP contribution in [0.1, 0.15) is 29.8 Å². The van der Waals surface area contributed by atoms with Crippen LogP contribution in [0.5, 0.6) is 0 Å². The highest BCUT2D eigenvalue weighted by molar-refractivity contribution is 6.31. The lowest BCUT2D eigenvalue weighted by Crippen LogP contribution is -2.67. The van der Waals surface area contributed by atoms with Gasteiger partial charge in [-0.1, -0.05) is 23.7 Å². The van der Waals surface area contributed by atoms with E-state index in [4.69, 9.17) is 21.4 Å². The van der Waals surface area contributed by atoms with Crippen LogP contribution in [0.25, 0.3) is 0 Å². The summed E-state index contributed by atoms with van der Waals surface area (Å²) in [5, 5.41) is 6.97. The van der Waals surface area contributed by atoms with Crippen LogP contribution in [-0.2, 0) is 16.0 Å². The van der Waals surface area contributed by atoms with Crippen LogP contribution in [0, 0.1) is 5.41 Å². The zero-order valence-corrected chi connectivity index (χ0v) is 22.1. The Bertz CT molecular complexity index is 1430. The number of rotatable bonds is 4. The lowest BCUT2D eigenvalue weighted by Gasteiger charge is -2.53. The number of esters is 1. The molecule has 0 radical (unpaired) electrons. The van der Waals surface area contributed by atoms with Gasteiger partial charge >= 0.3 is 5.97 Å². The average Bonchev–Trinajstić information content (AvgIpc) is 3.19. The van der Waals surface area contributed by atoms with Crippen LogP contribution in [0.2, 0.25) is 5.02 Å². The smallest absolute Gasteiger partial charge is 0.338 e. The summed E-state index contributed by atoms with van der Waals surface area (Å²) >= 11 is 6.42. The molecule has 8 nitrogen and oxygen atoms in total. The van der Waals surface area contributed by atoms with E-state index < -0.39 is 11.4 Å². The Labute approximate surface area is 226 Å². The standard InChI is InChI=1S/C29H28ClN5O3/c1-3-38-27(36)20-8-11-23(12-9-20)35-28(37)29(19(2)32-35)17-21-7-10-22(30)16-24(21)34-15-14-33(18-25(29)34)26-6-4-5-13-31-26/h4-13,16,25H,3,14-15,17-18H2,1-2H3. The monoisotopic (exact) mass is 529 g/mol. The number of pyridine rings is 1. The predicted octanol–water partition coefficient (Wildman–Crippen LogP) is 4.57. The van der Waals surface area contributed by atoms with Gasteiger partial charge in [-0.05, 0) is 74.4 Å². The van der Waals surface area contributed by atoms with Crippen LogP contribution in [0.15, 0.2) is 72.0 Å². The van der Waals surface area contributed by atoms with E-state index in [2.05, 4.69) is 14.8 Å². The second-order valence-corrected chi connectivity index (χ2v) is 10.3. The summed E-state index contributed by atoms with van der Waals surface area (Å²) < 4.78 is 5.10. The van der Waals surface area contributed by atoms with Gasteiger partial charge in [-0.3, -0.25) is 4.79 Å². The molecule has 0 saturated carbocycles. The molecule has 1 fully saturated rings. The molecule has 9 heteroatoms. The normalized spacial score (nSPS) is 22.3. The fraction of sp³-hybridized carbons (Fsp3) is 0.310. The van der Waals surface area contributed by atoms with E-state index in [1.807, 2.05) is 43.3 Å². The van der Waals surface area contributed by atoms with Crippen LogP contribution in [0.3, 0.4) is 0 Å². The van der Waals surface area contributed by atoms with Gasteiger partial charge in [0, 0.05) is 36.5 Å². The summed E-state index contributed by atoms with van der Waals surface area (Å²) in [4.78, 5) is 35.7. The molecule has 1 aromatic heterocycles. The molecule has 6 rings (SSSR count). The molecule has 2 unspecified atom stereocenters. The first-order valence-electron chi connectivity index (χ1n) is 12.8. The quantitative estimate of drug-likeness (QED) is 0.461. The van der Waals surface area contributed by atoms with E-state index in [-0.39, 0.29) is 11.9 Å². The first-order valence-corrected chi connectivity index (χ1v) is 13.2. The summed E-state index contributed by atoms with van der Waals surface area (Å²) in [5.41, 5.74) is 3.13. The Morgan fingerprint density at radius 1 is 1.13 bits per heavy atom. The van der Waals surface area contributed by atoms with Crippen LogP contribution < -0.4 is 14.8 Å². The van der Waals surface area contributed by atoms with Gasteiger partial charge in [0.05, 0.1) is 29.6 Å². The number of fused-ring (bicyclic) bond motifs is 4. The number of carbonyl (C=O) groups excluding carboxylic acids is 2. The van der Waals surface area contributed by atoms with Crippen molar-refractivity contribution >= 4 is 46.4 Å². The molecule has 3 aliphatic rings. The van der Waals surface area contributed by atoms with Crippen LogP contribution in [-0.4, -0.2) is 54.9 Å². The first-order chi connectivity index (χ1) is 18.4.